The number of carbonyl (C=O) groups excluding carboxylic acids is 1. The van der Waals surface area contributed by atoms with Gasteiger partial charge in [0, 0.05) is 37.0 Å². The fourth-order valence-electron chi connectivity index (χ4n) is 3.59. The number of aromatic amines is 1. The highest BCUT2D eigenvalue weighted by Crippen LogP contribution is 2.28. The molecule has 1 amide bonds. The predicted molar refractivity (Wildman–Crippen MR) is 127 cm³/mol. The molecule has 0 atom stereocenters. The molecule has 0 spiro atoms. The van der Waals surface area contributed by atoms with Gasteiger partial charge in [-0.2, -0.15) is 0 Å². The minimum atomic E-state index is -0.261. The van der Waals surface area contributed by atoms with E-state index < -0.39 is 0 Å². The maximum atomic E-state index is 12.7. The molecule has 0 radical (unpaired) electrons. The highest BCUT2D eigenvalue weighted by atomic mass is 16.5. The number of aromatic nitrogens is 3. The number of morpholine rings is 1. The summed E-state index contributed by atoms with van der Waals surface area (Å²) in [6.07, 6.45) is 1.96. The predicted octanol–water partition coefficient (Wildman–Crippen LogP) is 2.68. The number of pyridine rings is 1. The van der Waals surface area contributed by atoms with Crippen LogP contribution >= 0.6 is 0 Å². The smallest absolute Gasteiger partial charge is 0.255 e. The minimum Gasteiger partial charge on any atom is -0.497 e. The number of carbonyl (C=O) groups is 1. The lowest BCUT2D eigenvalue weighted by molar-refractivity contribution is -0.116. The van der Waals surface area contributed by atoms with Crippen LogP contribution < -0.4 is 25.2 Å². The topological polar surface area (TPSA) is 119 Å². The second kappa shape index (κ2) is 10.8. The summed E-state index contributed by atoms with van der Waals surface area (Å²) in [5, 5.41) is 2.82. The van der Waals surface area contributed by atoms with Crippen molar-refractivity contribution in [3.8, 4) is 17.4 Å². The Labute approximate surface area is 196 Å². The Morgan fingerprint density at radius 3 is 2.62 bits per heavy atom. The normalized spacial score (nSPS) is 13.4. The van der Waals surface area contributed by atoms with E-state index in [1.165, 1.54) is 0 Å². The molecule has 1 aromatic carbocycles. The van der Waals surface area contributed by atoms with Gasteiger partial charge in [-0.3, -0.25) is 14.6 Å². The molecule has 1 aliphatic heterocycles. The van der Waals surface area contributed by atoms with Gasteiger partial charge in [0.05, 0.1) is 20.3 Å². The molecule has 1 saturated heterocycles. The van der Waals surface area contributed by atoms with E-state index in [2.05, 4.69) is 20.3 Å². The molecule has 2 aromatic heterocycles. The number of nitrogens with zero attached hydrogens (tertiary/aromatic N) is 3. The molecule has 4 rings (SSSR count). The Balaban J connectivity index is 1.39. The number of methoxy groups -OCH3 is 1. The average Bonchev–Trinajstić information content (AvgIpc) is 2.85. The first-order valence-corrected chi connectivity index (χ1v) is 11.0. The first-order valence-electron chi connectivity index (χ1n) is 11.0. The van der Waals surface area contributed by atoms with Crippen molar-refractivity contribution in [3.63, 3.8) is 0 Å². The molecule has 0 aliphatic carbocycles. The summed E-state index contributed by atoms with van der Waals surface area (Å²) in [6.45, 7) is 4.34. The van der Waals surface area contributed by atoms with Gasteiger partial charge in [0.15, 0.2) is 0 Å². The zero-order valence-corrected chi connectivity index (χ0v) is 19.2. The minimum absolute atomic E-state index is 0.110. The van der Waals surface area contributed by atoms with E-state index in [0.717, 1.165) is 0 Å². The monoisotopic (exact) mass is 465 g/mol. The lowest BCUT2D eigenvalue weighted by atomic mass is 10.1. The quantitative estimate of drug-likeness (QED) is 0.521. The van der Waals surface area contributed by atoms with Crippen LogP contribution in [0.1, 0.15) is 17.7 Å². The van der Waals surface area contributed by atoms with Crippen LogP contribution in [0, 0.1) is 6.92 Å². The highest BCUT2D eigenvalue weighted by molar-refractivity contribution is 5.92. The van der Waals surface area contributed by atoms with Crippen molar-refractivity contribution in [2.24, 2.45) is 0 Å². The van der Waals surface area contributed by atoms with Gasteiger partial charge in [0.2, 0.25) is 17.7 Å². The van der Waals surface area contributed by atoms with Crippen molar-refractivity contribution >= 4 is 17.5 Å². The van der Waals surface area contributed by atoms with Gasteiger partial charge in [0.25, 0.3) is 5.56 Å². The third-order valence-corrected chi connectivity index (χ3v) is 5.44. The molecule has 2 N–H and O–H groups in total. The van der Waals surface area contributed by atoms with Crippen molar-refractivity contribution < 1.29 is 19.0 Å². The van der Waals surface area contributed by atoms with Gasteiger partial charge in [-0.1, -0.05) is 0 Å². The largest absolute Gasteiger partial charge is 0.497 e. The molecule has 0 bridgehead atoms. The number of hydrogen-bond acceptors (Lipinski definition) is 8. The molecule has 3 heterocycles. The van der Waals surface area contributed by atoms with Gasteiger partial charge in [-0.25, -0.2) is 9.97 Å². The molecule has 0 saturated carbocycles. The lowest BCUT2D eigenvalue weighted by Crippen LogP contribution is -2.38. The van der Waals surface area contributed by atoms with Gasteiger partial charge in [-0.15, -0.1) is 0 Å². The van der Waals surface area contributed by atoms with Crippen LogP contribution in [0.5, 0.6) is 17.4 Å². The summed E-state index contributed by atoms with van der Waals surface area (Å²) < 4.78 is 16.3. The average molecular weight is 466 g/mol. The van der Waals surface area contributed by atoms with Crippen molar-refractivity contribution in [2.75, 3.05) is 43.6 Å². The van der Waals surface area contributed by atoms with Gasteiger partial charge in [-0.05, 0) is 49.7 Å². The molecule has 10 heteroatoms. The fraction of sp³-hybridized carbons (Fsp3) is 0.333. The van der Waals surface area contributed by atoms with Crippen LogP contribution in [0.4, 0.5) is 11.6 Å². The number of ether oxygens (including phenoxy) is 3. The number of hydrogen-bond donors (Lipinski definition) is 2. The van der Waals surface area contributed by atoms with E-state index in [0.29, 0.717) is 60.7 Å². The van der Waals surface area contributed by atoms with Crippen LogP contribution in [-0.2, 0) is 16.0 Å². The van der Waals surface area contributed by atoms with Crippen LogP contribution in [0.3, 0.4) is 0 Å². The lowest BCUT2D eigenvalue weighted by Gasteiger charge is -2.27. The number of nitrogens with one attached hydrogen (secondary N) is 2. The Kier molecular flexibility index (Phi) is 7.38. The maximum Gasteiger partial charge on any atom is 0.255 e. The summed E-state index contributed by atoms with van der Waals surface area (Å²) in [5.41, 5.74) is 1.32. The SMILES string of the molecule is COc1ccc(Oc2ncccc2NC(=O)CCc2c(C)nc(N3CCOCC3)[nH]c2=O)cc1. The third-order valence-electron chi connectivity index (χ3n) is 5.44. The molecule has 34 heavy (non-hydrogen) atoms. The van der Waals surface area contributed by atoms with E-state index in [1.807, 2.05) is 4.90 Å². The third kappa shape index (κ3) is 5.70. The zero-order valence-electron chi connectivity index (χ0n) is 19.2. The summed E-state index contributed by atoms with van der Waals surface area (Å²) >= 11 is 0. The number of aryl methyl sites for hydroxylation is 1. The zero-order chi connectivity index (χ0) is 23.9. The van der Waals surface area contributed by atoms with E-state index >= 15 is 0 Å². The Morgan fingerprint density at radius 1 is 1.18 bits per heavy atom. The highest BCUT2D eigenvalue weighted by Gasteiger charge is 2.17. The second-order valence-electron chi connectivity index (χ2n) is 7.73. The summed E-state index contributed by atoms with van der Waals surface area (Å²) in [4.78, 5) is 38.9. The van der Waals surface area contributed by atoms with Crippen LogP contribution in [-0.4, -0.2) is 54.3 Å². The number of benzene rings is 1. The van der Waals surface area contributed by atoms with Crippen molar-refractivity contribution in [1.82, 2.24) is 15.0 Å². The number of H-pyrrole nitrogens is 1. The summed E-state index contributed by atoms with van der Waals surface area (Å²) in [6, 6.07) is 10.5. The van der Waals surface area contributed by atoms with Crippen LogP contribution in [0.25, 0.3) is 0 Å². The molecule has 0 unspecified atom stereocenters. The molecule has 1 aliphatic rings. The van der Waals surface area contributed by atoms with Crippen molar-refractivity contribution in [2.45, 2.75) is 19.8 Å². The maximum absolute atomic E-state index is 12.7. The molecular weight excluding hydrogens is 438 g/mol. The van der Waals surface area contributed by atoms with Gasteiger partial charge < -0.3 is 24.4 Å². The fourth-order valence-corrected chi connectivity index (χ4v) is 3.59. The van der Waals surface area contributed by atoms with Crippen molar-refractivity contribution in [3.05, 3.63) is 64.2 Å². The number of anilines is 2. The number of rotatable bonds is 8. The first kappa shape index (κ1) is 23.2. The Hall–Kier alpha value is -3.92. The second-order valence-corrected chi connectivity index (χ2v) is 7.73. The van der Waals surface area contributed by atoms with E-state index in [-0.39, 0.29) is 30.2 Å². The Morgan fingerprint density at radius 2 is 1.91 bits per heavy atom. The van der Waals surface area contributed by atoms with Crippen LogP contribution in [0.15, 0.2) is 47.4 Å². The molecule has 10 nitrogen and oxygen atoms in total. The molecule has 3 aromatic rings. The summed E-state index contributed by atoms with van der Waals surface area (Å²) in [7, 11) is 1.59. The van der Waals surface area contributed by atoms with E-state index in [9.17, 15) is 9.59 Å². The van der Waals surface area contributed by atoms with Crippen LogP contribution in [0.2, 0.25) is 0 Å². The standard InChI is InChI=1S/C24H27N5O5/c1-16-19(22(31)28-24(26-16)29-12-14-33-15-13-29)9-10-21(30)27-20-4-3-11-25-23(20)34-18-7-5-17(32-2)6-8-18/h3-8,11H,9-10,12-15H2,1-2H3,(H,27,30)(H,26,28,31). The van der Waals surface area contributed by atoms with Gasteiger partial charge >= 0.3 is 0 Å². The summed E-state index contributed by atoms with van der Waals surface area (Å²) in [5.74, 6) is 1.81. The van der Waals surface area contributed by atoms with E-state index in [4.69, 9.17) is 14.2 Å². The van der Waals surface area contributed by atoms with E-state index in [1.54, 1.807) is 56.6 Å². The molecule has 1 fully saturated rings. The first-order chi connectivity index (χ1) is 16.5. The number of amides is 1. The molecule has 178 valence electrons. The van der Waals surface area contributed by atoms with Crippen molar-refractivity contribution in [1.29, 1.82) is 0 Å². The Bertz CT molecular complexity index is 1190. The molecular formula is C24H27N5O5. The van der Waals surface area contributed by atoms with Gasteiger partial charge in [0.1, 0.15) is 17.2 Å².